The Morgan fingerprint density at radius 2 is 1.83 bits per heavy atom. The van der Waals surface area contributed by atoms with Gasteiger partial charge in [-0.05, 0) is 36.2 Å². The zero-order valence-electron chi connectivity index (χ0n) is 16.5. The summed E-state index contributed by atoms with van der Waals surface area (Å²) in [5.41, 5.74) is 1.47. The van der Waals surface area contributed by atoms with E-state index >= 15 is 0 Å². The van der Waals surface area contributed by atoms with Gasteiger partial charge in [0.25, 0.3) is 5.91 Å². The lowest BCUT2D eigenvalue weighted by molar-refractivity contribution is -0.135. The molecule has 0 radical (unpaired) electrons. The molecule has 1 atom stereocenters. The minimum Gasteiger partial charge on any atom is -0.493 e. The number of thiol groups is 1. The number of hydrogen-bond donors (Lipinski definition) is 2. The maximum atomic E-state index is 12.9. The number of carbonyl (C=O) groups excluding carboxylic acids is 1. The molecule has 7 heteroatoms. The van der Waals surface area contributed by atoms with Crippen LogP contribution in [0.2, 0.25) is 5.02 Å². The quantitative estimate of drug-likeness (QED) is 0.335. The van der Waals surface area contributed by atoms with Crippen LogP contribution in [0.5, 0.6) is 11.5 Å². The first-order valence-corrected chi connectivity index (χ1v) is 9.84. The molecule has 1 N–H and O–H groups in total. The molecule has 2 rings (SSSR count). The average molecular weight is 444 g/mol. The van der Waals surface area contributed by atoms with Crippen LogP contribution in [0.3, 0.4) is 0 Å². The summed E-state index contributed by atoms with van der Waals surface area (Å²) in [6.07, 6.45) is 11.1. The van der Waals surface area contributed by atoms with Crippen molar-refractivity contribution in [3.05, 3.63) is 58.6 Å². The molecule has 0 aromatic heterocycles. The number of ether oxygens (including phenoxy) is 3. The van der Waals surface area contributed by atoms with Gasteiger partial charge in [0.2, 0.25) is 4.93 Å². The first kappa shape index (κ1) is 23.5. The van der Waals surface area contributed by atoms with E-state index in [-0.39, 0.29) is 13.2 Å². The standard InChI is InChI=1S/C23H22ClNO4S/c1-4-14-28-20-11-6-17(16-21(20)27-3)12-13-25-22(26)23(30,29-15-5-2)18-7-9-19(24)10-8-18/h1-2,6-11,16,30H,12-15H2,3H3,(H,25,26). The molecule has 0 saturated heterocycles. The highest BCUT2D eigenvalue weighted by Crippen LogP contribution is 2.32. The summed E-state index contributed by atoms with van der Waals surface area (Å²) in [5, 5.41) is 3.38. The molecule has 156 valence electrons. The zero-order valence-corrected chi connectivity index (χ0v) is 18.1. The fourth-order valence-electron chi connectivity index (χ4n) is 2.65. The van der Waals surface area contributed by atoms with Gasteiger partial charge in [0.1, 0.15) is 13.2 Å². The molecule has 0 heterocycles. The highest BCUT2D eigenvalue weighted by Gasteiger charge is 2.37. The summed E-state index contributed by atoms with van der Waals surface area (Å²) in [6.45, 7) is 0.426. The van der Waals surface area contributed by atoms with Crippen molar-refractivity contribution in [2.24, 2.45) is 0 Å². The molecule has 0 saturated carbocycles. The summed E-state index contributed by atoms with van der Waals surface area (Å²) < 4.78 is 16.3. The predicted molar refractivity (Wildman–Crippen MR) is 121 cm³/mol. The van der Waals surface area contributed by atoms with Crippen molar-refractivity contribution in [2.45, 2.75) is 11.4 Å². The van der Waals surface area contributed by atoms with E-state index in [4.69, 9.17) is 38.7 Å². The number of benzene rings is 2. The second-order valence-corrected chi connectivity index (χ2v) is 7.19. The van der Waals surface area contributed by atoms with Crippen molar-refractivity contribution in [1.82, 2.24) is 5.32 Å². The molecule has 5 nitrogen and oxygen atoms in total. The van der Waals surface area contributed by atoms with Crippen LogP contribution in [0.1, 0.15) is 11.1 Å². The van der Waals surface area contributed by atoms with Gasteiger partial charge in [-0.3, -0.25) is 4.79 Å². The molecule has 2 aromatic carbocycles. The maximum Gasteiger partial charge on any atom is 0.267 e. The Balaban J connectivity index is 2.06. The Morgan fingerprint density at radius 1 is 1.13 bits per heavy atom. The summed E-state index contributed by atoms with van der Waals surface area (Å²) in [7, 11) is 1.55. The monoisotopic (exact) mass is 443 g/mol. The van der Waals surface area contributed by atoms with Crippen molar-refractivity contribution in [3.63, 3.8) is 0 Å². The van der Waals surface area contributed by atoms with E-state index in [1.54, 1.807) is 37.4 Å². The first-order valence-electron chi connectivity index (χ1n) is 9.02. The number of methoxy groups -OCH3 is 1. The van der Waals surface area contributed by atoms with E-state index in [9.17, 15) is 4.79 Å². The first-order chi connectivity index (χ1) is 14.4. The van der Waals surface area contributed by atoms with Crippen LogP contribution in [0.25, 0.3) is 0 Å². The topological polar surface area (TPSA) is 56.8 Å². The molecule has 2 aromatic rings. The lowest BCUT2D eigenvalue weighted by Gasteiger charge is -2.27. The number of hydrogen-bond acceptors (Lipinski definition) is 5. The molecule has 0 bridgehead atoms. The second-order valence-electron chi connectivity index (χ2n) is 6.13. The van der Waals surface area contributed by atoms with Gasteiger partial charge >= 0.3 is 0 Å². The highest BCUT2D eigenvalue weighted by molar-refractivity contribution is 7.82. The van der Waals surface area contributed by atoms with Gasteiger partial charge in [-0.1, -0.05) is 41.6 Å². The van der Waals surface area contributed by atoms with Crippen molar-refractivity contribution < 1.29 is 19.0 Å². The van der Waals surface area contributed by atoms with E-state index in [0.717, 1.165) is 5.56 Å². The number of halogens is 1. The maximum absolute atomic E-state index is 12.9. The molecule has 0 spiro atoms. The lowest BCUT2D eigenvalue weighted by atomic mass is 10.1. The normalized spacial score (nSPS) is 12.2. The van der Waals surface area contributed by atoms with Gasteiger partial charge in [-0.25, -0.2) is 0 Å². The predicted octanol–water partition coefficient (Wildman–Crippen LogP) is 3.45. The molecule has 0 fully saturated rings. The lowest BCUT2D eigenvalue weighted by Crippen LogP contribution is -2.43. The van der Waals surface area contributed by atoms with Gasteiger partial charge in [0, 0.05) is 17.1 Å². The van der Waals surface area contributed by atoms with Crippen molar-refractivity contribution in [3.8, 4) is 36.2 Å². The minimum absolute atomic E-state index is 0.0735. The van der Waals surface area contributed by atoms with E-state index in [1.165, 1.54) is 0 Å². The molecular weight excluding hydrogens is 422 g/mol. The van der Waals surface area contributed by atoms with Gasteiger partial charge in [-0.15, -0.1) is 25.5 Å². The largest absolute Gasteiger partial charge is 0.493 e. The number of rotatable bonds is 10. The fourth-order valence-corrected chi connectivity index (χ4v) is 3.07. The fraction of sp³-hybridized carbons (Fsp3) is 0.261. The molecule has 1 unspecified atom stereocenters. The Morgan fingerprint density at radius 3 is 2.47 bits per heavy atom. The van der Waals surface area contributed by atoms with Crippen LogP contribution in [0, 0.1) is 24.7 Å². The van der Waals surface area contributed by atoms with E-state index in [0.29, 0.717) is 35.1 Å². The molecule has 30 heavy (non-hydrogen) atoms. The van der Waals surface area contributed by atoms with Crippen LogP contribution in [0.4, 0.5) is 0 Å². The summed E-state index contributed by atoms with van der Waals surface area (Å²) in [5.74, 6) is 5.47. The van der Waals surface area contributed by atoms with Gasteiger partial charge < -0.3 is 19.5 Å². The summed E-state index contributed by atoms with van der Waals surface area (Å²) in [6, 6.07) is 12.1. The summed E-state index contributed by atoms with van der Waals surface area (Å²) in [4.78, 5) is 11.3. The van der Waals surface area contributed by atoms with E-state index < -0.39 is 10.8 Å². The molecule has 0 aliphatic heterocycles. The number of nitrogens with one attached hydrogen (secondary N) is 1. The van der Waals surface area contributed by atoms with Crippen LogP contribution < -0.4 is 14.8 Å². The zero-order chi connectivity index (χ0) is 22.0. The second kappa shape index (κ2) is 11.4. The Hall–Kier alpha value is -2.77. The van der Waals surface area contributed by atoms with E-state index in [1.807, 2.05) is 12.1 Å². The van der Waals surface area contributed by atoms with Gasteiger partial charge in [-0.2, -0.15) is 0 Å². The third-order valence-electron chi connectivity index (χ3n) is 4.15. The van der Waals surface area contributed by atoms with Crippen LogP contribution in [0.15, 0.2) is 42.5 Å². The SMILES string of the molecule is C#CCOc1ccc(CCNC(=O)C(S)(OCC#C)c2ccc(Cl)cc2)cc1OC. The van der Waals surface area contributed by atoms with E-state index in [2.05, 4.69) is 29.8 Å². The van der Waals surface area contributed by atoms with Crippen molar-refractivity contribution in [2.75, 3.05) is 26.9 Å². The number of terminal acetylenes is 2. The van der Waals surface area contributed by atoms with Gasteiger partial charge in [0.15, 0.2) is 11.5 Å². The smallest absolute Gasteiger partial charge is 0.267 e. The van der Waals surface area contributed by atoms with Crippen molar-refractivity contribution >= 4 is 30.1 Å². The summed E-state index contributed by atoms with van der Waals surface area (Å²) >= 11 is 10.4. The molecule has 1 amide bonds. The number of carbonyl (C=O) groups is 1. The minimum atomic E-state index is -1.54. The van der Waals surface area contributed by atoms with Gasteiger partial charge in [0.05, 0.1) is 7.11 Å². The molecular formula is C23H22ClNO4S. The molecule has 0 aliphatic rings. The Kier molecular flexibility index (Phi) is 8.95. The van der Waals surface area contributed by atoms with Crippen LogP contribution in [-0.2, 0) is 20.9 Å². The Labute approximate surface area is 187 Å². The Bertz CT molecular complexity index is 949. The average Bonchev–Trinajstić information content (AvgIpc) is 2.76. The van der Waals surface area contributed by atoms with Crippen LogP contribution >= 0.6 is 24.2 Å². The third kappa shape index (κ3) is 6.11. The highest BCUT2D eigenvalue weighted by atomic mass is 35.5. The van der Waals surface area contributed by atoms with Crippen LogP contribution in [-0.4, -0.2) is 32.8 Å². The van der Waals surface area contributed by atoms with Crippen molar-refractivity contribution in [1.29, 1.82) is 0 Å². The number of amides is 1. The third-order valence-corrected chi connectivity index (χ3v) is 4.99. The molecule has 0 aliphatic carbocycles.